The summed E-state index contributed by atoms with van der Waals surface area (Å²) in [7, 11) is 1.65. The van der Waals surface area contributed by atoms with Crippen LogP contribution in [0.1, 0.15) is 30.1 Å². The highest BCUT2D eigenvalue weighted by atomic mass is 32.2. The van der Waals surface area contributed by atoms with E-state index in [2.05, 4.69) is 5.32 Å². The zero-order valence-electron chi connectivity index (χ0n) is 13.9. The van der Waals surface area contributed by atoms with E-state index in [0.29, 0.717) is 17.7 Å². The molecule has 0 unspecified atom stereocenters. The van der Waals surface area contributed by atoms with Gasteiger partial charge >= 0.3 is 0 Å². The van der Waals surface area contributed by atoms with Crippen molar-refractivity contribution in [3.05, 3.63) is 54.1 Å². The number of amides is 1. The molecule has 2 aromatic carbocycles. The third-order valence-electron chi connectivity index (χ3n) is 3.46. The first-order chi connectivity index (χ1) is 11.6. The molecule has 1 amide bonds. The van der Waals surface area contributed by atoms with E-state index in [1.807, 2.05) is 24.3 Å². The largest absolute Gasteiger partial charge is 0.496 e. The first kappa shape index (κ1) is 18.1. The molecule has 0 atom stereocenters. The van der Waals surface area contributed by atoms with Crippen LogP contribution in [0.5, 0.6) is 5.75 Å². The van der Waals surface area contributed by atoms with Crippen LogP contribution >= 0.6 is 11.8 Å². The van der Waals surface area contributed by atoms with Crippen molar-refractivity contribution in [1.29, 1.82) is 0 Å². The van der Waals surface area contributed by atoms with Crippen LogP contribution in [0.25, 0.3) is 0 Å². The van der Waals surface area contributed by atoms with E-state index in [-0.39, 0.29) is 11.7 Å². The van der Waals surface area contributed by atoms with Crippen molar-refractivity contribution in [2.45, 2.75) is 24.7 Å². The number of carbonyl (C=O) groups excluding carboxylic acids is 2. The number of hydrogen-bond acceptors (Lipinski definition) is 4. The molecule has 0 aromatic heterocycles. The van der Waals surface area contributed by atoms with Gasteiger partial charge in [-0.15, -0.1) is 11.8 Å². The van der Waals surface area contributed by atoms with Gasteiger partial charge in [0.2, 0.25) is 5.91 Å². The van der Waals surface area contributed by atoms with Gasteiger partial charge in [-0.3, -0.25) is 9.59 Å². The highest BCUT2D eigenvalue weighted by molar-refractivity contribution is 7.99. The smallest absolute Gasteiger partial charge is 0.224 e. The average Bonchev–Trinajstić information content (AvgIpc) is 2.59. The third kappa shape index (κ3) is 5.13. The van der Waals surface area contributed by atoms with Gasteiger partial charge in [0.25, 0.3) is 0 Å². The van der Waals surface area contributed by atoms with Crippen molar-refractivity contribution in [2.75, 3.05) is 18.2 Å². The lowest BCUT2D eigenvalue weighted by Gasteiger charge is -2.09. The number of carbonyl (C=O) groups is 2. The zero-order chi connectivity index (χ0) is 17.4. The van der Waals surface area contributed by atoms with Crippen LogP contribution in [0.2, 0.25) is 0 Å². The van der Waals surface area contributed by atoms with Gasteiger partial charge in [0, 0.05) is 16.9 Å². The molecule has 0 spiro atoms. The van der Waals surface area contributed by atoms with Gasteiger partial charge in [-0.05, 0) is 43.4 Å². The van der Waals surface area contributed by atoms with Crippen molar-refractivity contribution >= 4 is 29.1 Å². The molecule has 0 radical (unpaired) electrons. The minimum atomic E-state index is -0.0793. The van der Waals surface area contributed by atoms with Crippen LogP contribution in [0.4, 0.5) is 5.69 Å². The Morgan fingerprint density at radius 3 is 2.54 bits per heavy atom. The van der Waals surface area contributed by atoms with Gasteiger partial charge in [-0.25, -0.2) is 0 Å². The van der Waals surface area contributed by atoms with Crippen LogP contribution in [0.3, 0.4) is 0 Å². The molecule has 126 valence electrons. The molecular formula is C19H21NO3S. The topological polar surface area (TPSA) is 55.4 Å². The van der Waals surface area contributed by atoms with Gasteiger partial charge in [0.1, 0.15) is 5.75 Å². The molecule has 0 aliphatic heterocycles. The fourth-order valence-corrected chi connectivity index (χ4v) is 3.24. The molecule has 0 fully saturated rings. The summed E-state index contributed by atoms with van der Waals surface area (Å²) in [6.07, 6.45) is 1.16. The molecular weight excluding hydrogens is 322 g/mol. The number of benzene rings is 2. The Balaban J connectivity index is 1.81. The minimum Gasteiger partial charge on any atom is -0.496 e. The molecule has 0 bridgehead atoms. The number of ether oxygens (including phenoxy) is 1. The number of thioether (sulfide) groups is 1. The van der Waals surface area contributed by atoms with E-state index in [9.17, 15) is 9.59 Å². The van der Waals surface area contributed by atoms with E-state index in [1.165, 1.54) is 6.92 Å². The first-order valence-corrected chi connectivity index (χ1v) is 8.76. The van der Waals surface area contributed by atoms with Crippen LogP contribution < -0.4 is 10.1 Å². The summed E-state index contributed by atoms with van der Waals surface area (Å²) in [5.41, 5.74) is 1.11. The van der Waals surface area contributed by atoms with E-state index in [1.54, 1.807) is 43.1 Å². The first-order valence-electron chi connectivity index (χ1n) is 7.77. The molecule has 24 heavy (non-hydrogen) atoms. The Morgan fingerprint density at radius 2 is 1.79 bits per heavy atom. The van der Waals surface area contributed by atoms with Crippen molar-refractivity contribution in [2.24, 2.45) is 0 Å². The number of anilines is 1. The lowest BCUT2D eigenvalue weighted by atomic mass is 10.1. The van der Waals surface area contributed by atoms with Crippen molar-refractivity contribution in [3.8, 4) is 5.75 Å². The number of rotatable bonds is 8. The Bertz CT molecular complexity index is 715. The SMILES string of the molecule is COc1ccccc1SCCCC(=O)Nc1ccccc1C(C)=O. The summed E-state index contributed by atoms with van der Waals surface area (Å²) in [6, 6.07) is 14.9. The lowest BCUT2D eigenvalue weighted by Crippen LogP contribution is -2.13. The summed E-state index contributed by atoms with van der Waals surface area (Å²) in [5, 5.41) is 2.82. The summed E-state index contributed by atoms with van der Waals surface area (Å²) < 4.78 is 5.31. The van der Waals surface area contributed by atoms with Crippen LogP contribution in [0, 0.1) is 0 Å². The van der Waals surface area contributed by atoms with Gasteiger partial charge in [-0.1, -0.05) is 24.3 Å². The Labute approximate surface area is 146 Å². The number of para-hydroxylation sites is 2. The van der Waals surface area contributed by atoms with E-state index in [4.69, 9.17) is 4.74 Å². The fourth-order valence-electron chi connectivity index (χ4n) is 2.26. The average molecular weight is 343 g/mol. The molecule has 2 aromatic rings. The number of ketones is 1. The number of nitrogens with one attached hydrogen (secondary N) is 1. The number of hydrogen-bond donors (Lipinski definition) is 1. The van der Waals surface area contributed by atoms with Gasteiger partial charge in [0.05, 0.1) is 12.8 Å². The monoisotopic (exact) mass is 343 g/mol. The maximum Gasteiger partial charge on any atom is 0.224 e. The molecule has 1 N–H and O–H groups in total. The standard InChI is InChI=1S/C19H21NO3S/c1-14(21)15-8-3-4-9-16(15)20-19(22)12-7-13-24-18-11-6-5-10-17(18)23-2/h3-6,8-11H,7,12-13H2,1-2H3,(H,20,22). The molecule has 5 heteroatoms. The number of Topliss-reactive ketones (excluding diaryl/α,β-unsaturated/α-hetero) is 1. The Morgan fingerprint density at radius 1 is 1.08 bits per heavy atom. The Kier molecular flexibility index (Phi) is 6.88. The summed E-state index contributed by atoms with van der Waals surface area (Å²) in [4.78, 5) is 24.7. The number of methoxy groups -OCH3 is 1. The predicted octanol–water partition coefficient (Wildman–Crippen LogP) is 4.41. The third-order valence-corrected chi connectivity index (χ3v) is 4.60. The Hall–Kier alpha value is -2.27. The van der Waals surface area contributed by atoms with Crippen molar-refractivity contribution in [1.82, 2.24) is 0 Å². The normalized spacial score (nSPS) is 10.2. The molecule has 0 saturated carbocycles. The van der Waals surface area contributed by atoms with E-state index >= 15 is 0 Å². The maximum absolute atomic E-state index is 12.1. The van der Waals surface area contributed by atoms with Crippen LogP contribution in [-0.2, 0) is 4.79 Å². The predicted molar refractivity (Wildman–Crippen MR) is 98.0 cm³/mol. The maximum atomic E-state index is 12.1. The van der Waals surface area contributed by atoms with E-state index in [0.717, 1.165) is 22.8 Å². The van der Waals surface area contributed by atoms with Gasteiger partial charge in [-0.2, -0.15) is 0 Å². The second-order valence-corrected chi connectivity index (χ2v) is 6.39. The van der Waals surface area contributed by atoms with Gasteiger partial charge < -0.3 is 10.1 Å². The van der Waals surface area contributed by atoms with E-state index < -0.39 is 0 Å². The highest BCUT2D eigenvalue weighted by Crippen LogP contribution is 2.29. The lowest BCUT2D eigenvalue weighted by molar-refractivity contribution is -0.116. The van der Waals surface area contributed by atoms with Crippen LogP contribution in [0.15, 0.2) is 53.4 Å². The summed E-state index contributed by atoms with van der Waals surface area (Å²) in [6.45, 7) is 1.49. The zero-order valence-corrected chi connectivity index (χ0v) is 14.7. The highest BCUT2D eigenvalue weighted by Gasteiger charge is 2.09. The van der Waals surface area contributed by atoms with Crippen molar-refractivity contribution in [3.63, 3.8) is 0 Å². The molecule has 4 nitrogen and oxygen atoms in total. The fraction of sp³-hybridized carbons (Fsp3) is 0.263. The minimum absolute atomic E-state index is 0.0578. The van der Waals surface area contributed by atoms with Crippen LogP contribution in [-0.4, -0.2) is 24.6 Å². The quantitative estimate of drug-likeness (QED) is 0.438. The molecule has 0 heterocycles. The second-order valence-electron chi connectivity index (χ2n) is 5.25. The second kappa shape index (κ2) is 9.13. The molecule has 0 aliphatic rings. The molecule has 0 saturated heterocycles. The molecule has 2 rings (SSSR count). The summed E-state index contributed by atoms with van der Waals surface area (Å²) in [5.74, 6) is 1.53. The van der Waals surface area contributed by atoms with Crippen molar-refractivity contribution < 1.29 is 14.3 Å². The molecule has 0 aliphatic carbocycles. The van der Waals surface area contributed by atoms with Gasteiger partial charge in [0.15, 0.2) is 5.78 Å². The summed E-state index contributed by atoms with van der Waals surface area (Å²) >= 11 is 1.67.